The fourth-order valence-electron chi connectivity index (χ4n) is 1.56. The van der Waals surface area contributed by atoms with Gasteiger partial charge in [0.2, 0.25) is 0 Å². The molecule has 0 bridgehead atoms. The van der Waals surface area contributed by atoms with Gasteiger partial charge in [0.05, 0.1) is 4.83 Å². The molecule has 0 fully saturated rings. The highest BCUT2D eigenvalue weighted by molar-refractivity contribution is 9.09. The van der Waals surface area contributed by atoms with Crippen molar-refractivity contribution >= 4 is 27.3 Å². The van der Waals surface area contributed by atoms with Gasteiger partial charge in [-0.05, 0) is 17.9 Å². The molecule has 0 aliphatic heterocycles. The van der Waals surface area contributed by atoms with Crippen LogP contribution in [0.2, 0.25) is 0 Å². The minimum absolute atomic E-state index is 0.125. The van der Waals surface area contributed by atoms with Crippen LogP contribution in [0.3, 0.4) is 0 Å². The average molecular weight is 321 g/mol. The maximum Gasteiger partial charge on any atom is 0.133 e. The molecular formula is C12H8BrF3S. The molecule has 0 radical (unpaired) electrons. The zero-order valence-electron chi connectivity index (χ0n) is 8.59. The highest BCUT2D eigenvalue weighted by Gasteiger charge is 2.19. The molecule has 17 heavy (non-hydrogen) atoms. The van der Waals surface area contributed by atoms with Gasteiger partial charge in [-0.15, -0.1) is 11.3 Å². The molecule has 2 aromatic rings. The molecule has 0 aliphatic rings. The first kappa shape index (κ1) is 12.6. The van der Waals surface area contributed by atoms with Crippen molar-refractivity contribution in [3.05, 3.63) is 57.5 Å². The van der Waals surface area contributed by atoms with Crippen LogP contribution in [-0.4, -0.2) is 0 Å². The number of halogens is 4. The van der Waals surface area contributed by atoms with Crippen LogP contribution in [0.25, 0.3) is 0 Å². The summed E-state index contributed by atoms with van der Waals surface area (Å²) in [6.07, 6.45) is 0.469. The Hall–Kier alpha value is -0.810. The van der Waals surface area contributed by atoms with Crippen LogP contribution in [0.1, 0.15) is 15.3 Å². The third-order valence-electron chi connectivity index (χ3n) is 2.32. The van der Waals surface area contributed by atoms with Gasteiger partial charge >= 0.3 is 0 Å². The van der Waals surface area contributed by atoms with Crippen molar-refractivity contribution < 1.29 is 13.2 Å². The van der Waals surface area contributed by atoms with Gasteiger partial charge < -0.3 is 0 Å². The standard InChI is InChI=1S/C12H8BrF3S/c13-9(6-8-2-1-3-17-8)12-10(15)4-7(14)5-11(12)16/h1-5,9H,6H2. The molecule has 1 unspecified atom stereocenters. The Balaban J connectivity index is 2.27. The Bertz CT molecular complexity index is 487. The fraction of sp³-hybridized carbons (Fsp3) is 0.167. The highest BCUT2D eigenvalue weighted by atomic mass is 79.9. The SMILES string of the molecule is Fc1cc(F)c(C(Br)Cc2cccs2)c(F)c1. The van der Waals surface area contributed by atoms with Gasteiger partial charge in [-0.1, -0.05) is 22.0 Å². The zero-order valence-corrected chi connectivity index (χ0v) is 11.0. The van der Waals surface area contributed by atoms with E-state index in [2.05, 4.69) is 15.9 Å². The number of hydrogen-bond donors (Lipinski definition) is 0. The van der Waals surface area contributed by atoms with Gasteiger partial charge in [0.1, 0.15) is 17.5 Å². The lowest BCUT2D eigenvalue weighted by molar-refractivity contribution is 0.522. The molecule has 1 aromatic carbocycles. The molecule has 2 rings (SSSR count). The van der Waals surface area contributed by atoms with Crippen LogP contribution >= 0.6 is 27.3 Å². The molecule has 1 aromatic heterocycles. The van der Waals surface area contributed by atoms with E-state index in [0.717, 1.165) is 4.88 Å². The monoisotopic (exact) mass is 320 g/mol. The maximum absolute atomic E-state index is 13.5. The van der Waals surface area contributed by atoms with E-state index in [4.69, 9.17) is 0 Å². The second-order valence-electron chi connectivity index (χ2n) is 3.53. The predicted molar refractivity (Wildman–Crippen MR) is 66.0 cm³/mol. The van der Waals surface area contributed by atoms with Crippen LogP contribution in [0.5, 0.6) is 0 Å². The summed E-state index contributed by atoms with van der Waals surface area (Å²) < 4.78 is 39.7. The molecule has 0 saturated carbocycles. The number of hydrogen-bond acceptors (Lipinski definition) is 1. The van der Waals surface area contributed by atoms with Crippen molar-refractivity contribution in [3.63, 3.8) is 0 Å². The van der Waals surface area contributed by atoms with E-state index >= 15 is 0 Å². The van der Waals surface area contributed by atoms with Crippen molar-refractivity contribution in [2.75, 3.05) is 0 Å². The molecule has 90 valence electrons. The van der Waals surface area contributed by atoms with Crippen molar-refractivity contribution in [2.45, 2.75) is 11.2 Å². The van der Waals surface area contributed by atoms with Crippen LogP contribution in [0.15, 0.2) is 29.6 Å². The Labute approximate surface area is 109 Å². The predicted octanol–water partition coefficient (Wildman–Crippen LogP) is 4.84. The van der Waals surface area contributed by atoms with Crippen molar-refractivity contribution in [1.82, 2.24) is 0 Å². The second kappa shape index (κ2) is 5.23. The summed E-state index contributed by atoms with van der Waals surface area (Å²) in [5, 5.41) is 1.90. The van der Waals surface area contributed by atoms with Crippen molar-refractivity contribution in [3.8, 4) is 0 Å². The first-order chi connectivity index (χ1) is 8.08. The molecule has 5 heteroatoms. The Morgan fingerprint density at radius 1 is 1.18 bits per heavy atom. The minimum Gasteiger partial charge on any atom is -0.207 e. The summed E-state index contributed by atoms with van der Waals surface area (Å²) >= 11 is 4.75. The lowest BCUT2D eigenvalue weighted by atomic mass is 10.1. The molecule has 0 amide bonds. The summed E-state index contributed by atoms with van der Waals surface area (Å²) in [5.74, 6) is -2.62. The molecule has 0 spiro atoms. The number of alkyl halides is 1. The number of thiophene rings is 1. The highest BCUT2D eigenvalue weighted by Crippen LogP contribution is 2.32. The molecule has 0 N–H and O–H groups in total. The summed E-state index contributed by atoms with van der Waals surface area (Å²) in [7, 11) is 0. The topological polar surface area (TPSA) is 0 Å². The Morgan fingerprint density at radius 2 is 1.82 bits per heavy atom. The third kappa shape index (κ3) is 2.90. The molecule has 0 nitrogen and oxygen atoms in total. The third-order valence-corrected chi connectivity index (χ3v) is 4.00. The molecule has 0 aliphatic carbocycles. The zero-order chi connectivity index (χ0) is 12.4. The van der Waals surface area contributed by atoms with Gasteiger partial charge in [-0.25, -0.2) is 13.2 Å². The summed E-state index contributed by atoms with van der Waals surface area (Å²) in [6, 6.07) is 5.15. The first-order valence-electron chi connectivity index (χ1n) is 4.89. The van der Waals surface area contributed by atoms with Crippen molar-refractivity contribution in [1.29, 1.82) is 0 Å². The first-order valence-corrected chi connectivity index (χ1v) is 6.68. The molecule has 1 atom stereocenters. The summed E-state index contributed by atoms with van der Waals surface area (Å²) in [5.41, 5.74) is -0.125. The Morgan fingerprint density at radius 3 is 2.35 bits per heavy atom. The van der Waals surface area contributed by atoms with E-state index < -0.39 is 22.3 Å². The second-order valence-corrected chi connectivity index (χ2v) is 5.67. The lowest BCUT2D eigenvalue weighted by Crippen LogP contribution is -2.02. The van der Waals surface area contributed by atoms with Gasteiger partial charge in [0.15, 0.2) is 0 Å². The van der Waals surface area contributed by atoms with Gasteiger partial charge in [0.25, 0.3) is 0 Å². The van der Waals surface area contributed by atoms with E-state index in [1.165, 1.54) is 11.3 Å². The summed E-state index contributed by atoms with van der Waals surface area (Å²) in [4.78, 5) is 0.511. The van der Waals surface area contributed by atoms with Gasteiger partial charge in [0, 0.05) is 22.6 Å². The van der Waals surface area contributed by atoms with Gasteiger partial charge in [-0.3, -0.25) is 0 Å². The van der Waals surface area contributed by atoms with E-state index in [1.807, 2.05) is 17.5 Å². The van der Waals surface area contributed by atoms with E-state index in [1.54, 1.807) is 0 Å². The van der Waals surface area contributed by atoms with E-state index in [-0.39, 0.29) is 5.56 Å². The smallest absolute Gasteiger partial charge is 0.133 e. The van der Waals surface area contributed by atoms with E-state index in [9.17, 15) is 13.2 Å². The number of benzene rings is 1. The largest absolute Gasteiger partial charge is 0.207 e. The number of rotatable bonds is 3. The quantitative estimate of drug-likeness (QED) is 0.709. The van der Waals surface area contributed by atoms with Crippen LogP contribution in [0, 0.1) is 17.5 Å². The molecule has 1 heterocycles. The van der Waals surface area contributed by atoms with Crippen molar-refractivity contribution in [2.24, 2.45) is 0 Å². The van der Waals surface area contributed by atoms with E-state index in [0.29, 0.717) is 18.6 Å². The molecule has 0 saturated heterocycles. The molecular weight excluding hydrogens is 313 g/mol. The Kier molecular flexibility index (Phi) is 3.89. The van der Waals surface area contributed by atoms with Crippen LogP contribution in [0.4, 0.5) is 13.2 Å². The van der Waals surface area contributed by atoms with Crippen LogP contribution in [-0.2, 0) is 6.42 Å². The van der Waals surface area contributed by atoms with Crippen LogP contribution < -0.4 is 0 Å². The normalized spacial score (nSPS) is 12.7. The minimum atomic E-state index is -0.903. The average Bonchev–Trinajstić information content (AvgIpc) is 2.68. The maximum atomic E-state index is 13.5. The lowest BCUT2D eigenvalue weighted by Gasteiger charge is -2.11. The summed E-state index contributed by atoms with van der Waals surface area (Å²) in [6.45, 7) is 0. The van der Waals surface area contributed by atoms with Gasteiger partial charge in [-0.2, -0.15) is 0 Å². The fourth-order valence-corrected chi connectivity index (χ4v) is 3.31.